The Balaban J connectivity index is 2.31. The molecule has 0 spiro atoms. The number of carbonyl (C=O) groups is 1. The quantitative estimate of drug-likeness (QED) is 0.640. The molecule has 2 amide bonds. The van der Waals surface area contributed by atoms with Crippen LogP contribution in [0.25, 0.3) is 0 Å². The van der Waals surface area contributed by atoms with Crippen LogP contribution in [0.3, 0.4) is 0 Å². The van der Waals surface area contributed by atoms with Crippen LogP contribution in [0.15, 0.2) is 30.3 Å². The highest BCUT2D eigenvalue weighted by atomic mass is 16.2. The minimum atomic E-state index is -0.233. The zero-order valence-corrected chi connectivity index (χ0v) is 8.37. The van der Waals surface area contributed by atoms with Gasteiger partial charge in [0, 0.05) is 6.04 Å². The fourth-order valence-electron chi connectivity index (χ4n) is 0.949. The van der Waals surface area contributed by atoms with Gasteiger partial charge in [0.2, 0.25) is 0 Å². The standard InChI is InChI=1S/C10H15N3O/c1-8(2)11-10(14)13-12-9-6-4-3-5-7-9/h3-8,12H,1-2H3,(H2,11,13,14). The van der Waals surface area contributed by atoms with Gasteiger partial charge in [0.05, 0.1) is 5.69 Å². The van der Waals surface area contributed by atoms with E-state index in [9.17, 15) is 4.79 Å². The maximum absolute atomic E-state index is 11.1. The zero-order chi connectivity index (χ0) is 10.4. The highest BCUT2D eigenvalue weighted by Crippen LogP contribution is 2.02. The number of hydrogen-bond donors (Lipinski definition) is 3. The molecule has 0 aliphatic carbocycles. The monoisotopic (exact) mass is 193 g/mol. The summed E-state index contributed by atoms with van der Waals surface area (Å²) < 4.78 is 0. The van der Waals surface area contributed by atoms with Crippen LogP contribution in [0, 0.1) is 0 Å². The van der Waals surface area contributed by atoms with Crippen LogP contribution < -0.4 is 16.2 Å². The SMILES string of the molecule is CC(C)NC(=O)NNc1ccccc1. The number of benzene rings is 1. The molecule has 4 nitrogen and oxygen atoms in total. The molecule has 0 unspecified atom stereocenters. The van der Waals surface area contributed by atoms with E-state index in [4.69, 9.17) is 0 Å². The number of anilines is 1. The molecule has 14 heavy (non-hydrogen) atoms. The molecule has 0 saturated carbocycles. The van der Waals surface area contributed by atoms with Crippen molar-refractivity contribution in [1.29, 1.82) is 0 Å². The third-order valence-electron chi connectivity index (χ3n) is 1.51. The summed E-state index contributed by atoms with van der Waals surface area (Å²) in [5, 5.41) is 2.70. The predicted molar refractivity (Wildman–Crippen MR) is 56.9 cm³/mol. The van der Waals surface area contributed by atoms with E-state index in [1.54, 1.807) is 0 Å². The predicted octanol–water partition coefficient (Wildman–Crippen LogP) is 1.72. The fourth-order valence-corrected chi connectivity index (χ4v) is 0.949. The largest absolute Gasteiger partial charge is 0.335 e. The molecule has 1 aromatic rings. The molecule has 0 radical (unpaired) electrons. The second-order valence-electron chi connectivity index (χ2n) is 3.24. The number of nitrogens with one attached hydrogen (secondary N) is 3. The van der Waals surface area contributed by atoms with Crippen LogP contribution in [0.5, 0.6) is 0 Å². The van der Waals surface area contributed by atoms with Crippen LogP contribution >= 0.6 is 0 Å². The second-order valence-corrected chi connectivity index (χ2v) is 3.24. The number of rotatable bonds is 3. The lowest BCUT2D eigenvalue weighted by atomic mass is 10.3. The lowest BCUT2D eigenvalue weighted by Gasteiger charge is -2.11. The number of amides is 2. The summed E-state index contributed by atoms with van der Waals surface area (Å²) in [6.07, 6.45) is 0. The van der Waals surface area contributed by atoms with Crippen LogP contribution in [-0.2, 0) is 0 Å². The summed E-state index contributed by atoms with van der Waals surface area (Å²) in [4.78, 5) is 11.1. The summed E-state index contributed by atoms with van der Waals surface area (Å²) in [6.45, 7) is 3.81. The van der Waals surface area contributed by atoms with Crippen molar-refractivity contribution in [3.8, 4) is 0 Å². The molecule has 0 aliphatic rings. The van der Waals surface area contributed by atoms with Gasteiger partial charge in [-0.1, -0.05) is 18.2 Å². The molecule has 1 rings (SSSR count). The van der Waals surface area contributed by atoms with Gasteiger partial charge in [-0.3, -0.25) is 10.9 Å². The van der Waals surface area contributed by atoms with Gasteiger partial charge in [-0.15, -0.1) is 0 Å². The Kier molecular flexibility index (Phi) is 3.79. The average molecular weight is 193 g/mol. The van der Waals surface area contributed by atoms with Gasteiger partial charge < -0.3 is 5.32 Å². The first-order valence-corrected chi connectivity index (χ1v) is 4.56. The minimum absolute atomic E-state index is 0.132. The van der Waals surface area contributed by atoms with Crippen molar-refractivity contribution in [3.05, 3.63) is 30.3 Å². The van der Waals surface area contributed by atoms with E-state index in [1.807, 2.05) is 44.2 Å². The van der Waals surface area contributed by atoms with Gasteiger partial charge >= 0.3 is 6.03 Å². The Bertz CT molecular complexity index is 285. The van der Waals surface area contributed by atoms with E-state index in [0.717, 1.165) is 5.69 Å². The summed E-state index contributed by atoms with van der Waals surface area (Å²) in [5.41, 5.74) is 6.17. The van der Waals surface area contributed by atoms with Gasteiger partial charge in [-0.25, -0.2) is 4.79 Å². The van der Waals surface area contributed by atoms with Gasteiger partial charge in [0.1, 0.15) is 0 Å². The summed E-state index contributed by atoms with van der Waals surface area (Å²) >= 11 is 0. The second kappa shape index (κ2) is 5.11. The molecular formula is C10H15N3O. The van der Waals surface area contributed by atoms with Crippen LogP contribution in [0.2, 0.25) is 0 Å². The van der Waals surface area contributed by atoms with Crippen molar-refractivity contribution in [1.82, 2.24) is 10.7 Å². The van der Waals surface area contributed by atoms with Gasteiger partial charge in [0.25, 0.3) is 0 Å². The third-order valence-corrected chi connectivity index (χ3v) is 1.51. The first kappa shape index (κ1) is 10.4. The Morgan fingerprint density at radius 3 is 2.43 bits per heavy atom. The van der Waals surface area contributed by atoms with Crippen molar-refractivity contribution in [2.45, 2.75) is 19.9 Å². The zero-order valence-electron chi connectivity index (χ0n) is 8.37. The average Bonchev–Trinajstić information content (AvgIpc) is 2.15. The summed E-state index contributed by atoms with van der Waals surface area (Å²) in [5.74, 6) is 0. The smallest absolute Gasteiger partial charge is 0.333 e. The molecule has 0 bridgehead atoms. The maximum atomic E-state index is 11.1. The number of para-hydroxylation sites is 1. The number of urea groups is 1. The Hall–Kier alpha value is -1.71. The third kappa shape index (κ3) is 3.80. The fraction of sp³-hybridized carbons (Fsp3) is 0.300. The molecular weight excluding hydrogens is 178 g/mol. The van der Waals surface area contributed by atoms with Crippen LogP contribution in [-0.4, -0.2) is 12.1 Å². The lowest BCUT2D eigenvalue weighted by Crippen LogP contribution is -2.42. The first-order valence-electron chi connectivity index (χ1n) is 4.56. The number of hydrazine groups is 1. The van der Waals surface area contributed by atoms with E-state index >= 15 is 0 Å². The molecule has 0 heterocycles. The lowest BCUT2D eigenvalue weighted by molar-refractivity contribution is 0.240. The minimum Gasteiger partial charge on any atom is -0.335 e. The van der Waals surface area contributed by atoms with E-state index in [0.29, 0.717) is 0 Å². The van der Waals surface area contributed by atoms with Crippen LogP contribution in [0.4, 0.5) is 10.5 Å². The molecule has 3 N–H and O–H groups in total. The van der Waals surface area contributed by atoms with Gasteiger partial charge in [0.15, 0.2) is 0 Å². The molecule has 0 atom stereocenters. The van der Waals surface area contributed by atoms with Crippen molar-refractivity contribution in [2.75, 3.05) is 5.43 Å². The highest BCUT2D eigenvalue weighted by molar-refractivity contribution is 5.75. The topological polar surface area (TPSA) is 53.2 Å². The maximum Gasteiger partial charge on any atom is 0.333 e. The molecule has 76 valence electrons. The molecule has 0 aromatic heterocycles. The van der Waals surface area contributed by atoms with Crippen molar-refractivity contribution >= 4 is 11.7 Å². The summed E-state index contributed by atoms with van der Waals surface area (Å²) in [7, 11) is 0. The molecule has 1 aromatic carbocycles. The van der Waals surface area contributed by atoms with E-state index in [1.165, 1.54) is 0 Å². The van der Waals surface area contributed by atoms with Crippen molar-refractivity contribution in [2.24, 2.45) is 0 Å². The normalized spacial score (nSPS) is 9.64. The van der Waals surface area contributed by atoms with Gasteiger partial charge in [-0.05, 0) is 26.0 Å². The Morgan fingerprint density at radius 1 is 1.21 bits per heavy atom. The first-order chi connectivity index (χ1) is 6.68. The molecule has 0 aliphatic heterocycles. The Morgan fingerprint density at radius 2 is 1.86 bits per heavy atom. The van der Waals surface area contributed by atoms with E-state index in [2.05, 4.69) is 16.2 Å². The van der Waals surface area contributed by atoms with Crippen LogP contribution in [0.1, 0.15) is 13.8 Å². The van der Waals surface area contributed by atoms with E-state index < -0.39 is 0 Å². The van der Waals surface area contributed by atoms with Crippen molar-refractivity contribution < 1.29 is 4.79 Å². The van der Waals surface area contributed by atoms with Crippen molar-refractivity contribution in [3.63, 3.8) is 0 Å². The highest BCUT2D eigenvalue weighted by Gasteiger charge is 2.00. The molecule has 4 heteroatoms. The Labute approximate surface area is 83.7 Å². The van der Waals surface area contributed by atoms with Gasteiger partial charge in [-0.2, -0.15) is 0 Å². The molecule has 0 fully saturated rings. The number of carbonyl (C=O) groups excluding carboxylic acids is 1. The molecule has 0 saturated heterocycles. The summed E-state index contributed by atoms with van der Waals surface area (Å²) in [6, 6.07) is 9.34. The van der Waals surface area contributed by atoms with E-state index in [-0.39, 0.29) is 12.1 Å². The number of hydrogen-bond acceptors (Lipinski definition) is 2.